The zero-order chi connectivity index (χ0) is 22.6. The summed E-state index contributed by atoms with van der Waals surface area (Å²) in [5.41, 5.74) is 5.51. The predicted octanol–water partition coefficient (Wildman–Crippen LogP) is 5.61. The lowest BCUT2D eigenvalue weighted by Crippen LogP contribution is -2.44. The molecular formula is C27H45N3O2. The molecule has 0 saturated heterocycles. The van der Waals surface area contributed by atoms with Gasteiger partial charge in [0.1, 0.15) is 11.3 Å². The highest BCUT2D eigenvalue weighted by atomic mass is 16.2. The van der Waals surface area contributed by atoms with Crippen LogP contribution in [0.15, 0.2) is 4.99 Å². The van der Waals surface area contributed by atoms with Crippen LogP contribution in [0, 0.1) is 23.7 Å². The van der Waals surface area contributed by atoms with Crippen LogP contribution in [0.25, 0.3) is 0 Å². The van der Waals surface area contributed by atoms with Gasteiger partial charge in [0.25, 0.3) is 5.91 Å². The third kappa shape index (κ3) is 5.56. The highest BCUT2D eigenvalue weighted by Crippen LogP contribution is 2.42. The van der Waals surface area contributed by atoms with Crippen molar-refractivity contribution in [2.45, 2.75) is 121 Å². The van der Waals surface area contributed by atoms with E-state index < -0.39 is 5.54 Å². The summed E-state index contributed by atoms with van der Waals surface area (Å²) < 4.78 is 0. The highest BCUT2D eigenvalue weighted by molar-refractivity contribution is 6.06. The van der Waals surface area contributed by atoms with Crippen molar-refractivity contribution in [2.75, 3.05) is 7.05 Å². The van der Waals surface area contributed by atoms with Gasteiger partial charge in [-0.3, -0.25) is 14.5 Å². The van der Waals surface area contributed by atoms with Crippen molar-refractivity contribution in [1.82, 2.24) is 4.90 Å². The number of carbonyl (C=O) groups is 2. The SMILES string of the molecule is CN1C(=O)[C@@](CCC2CCCCC2)(C[C@H]2CCCC(CCC(=O)C3CCCC3)C2)N=C1N. The molecule has 3 fully saturated rings. The van der Waals surface area contributed by atoms with Crippen LogP contribution in [0.2, 0.25) is 0 Å². The summed E-state index contributed by atoms with van der Waals surface area (Å²) in [5.74, 6) is 3.27. The topological polar surface area (TPSA) is 75.8 Å². The molecule has 4 aliphatic rings. The Labute approximate surface area is 195 Å². The maximum atomic E-state index is 13.3. The van der Waals surface area contributed by atoms with E-state index in [4.69, 9.17) is 10.7 Å². The summed E-state index contributed by atoms with van der Waals surface area (Å²) in [6.07, 6.45) is 20.7. The monoisotopic (exact) mass is 443 g/mol. The molecule has 180 valence electrons. The molecule has 3 saturated carbocycles. The van der Waals surface area contributed by atoms with E-state index in [9.17, 15) is 9.59 Å². The van der Waals surface area contributed by atoms with E-state index in [2.05, 4.69) is 0 Å². The second kappa shape index (κ2) is 10.7. The first kappa shape index (κ1) is 23.8. The van der Waals surface area contributed by atoms with Crippen LogP contribution in [0.1, 0.15) is 116 Å². The molecule has 5 heteroatoms. The van der Waals surface area contributed by atoms with Crippen LogP contribution in [0.5, 0.6) is 0 Å². The molecule has 2 N–H and O–H groups in total. The number of guanidine groups is 1. The first-order valence-electron chi connectivity index (χ1n) is 13.6. The summed E-state index contributed by atoms with van der Waals surface area (Å²) in [6.45, 7) is 0. The standard InChI is InChI=1S/C27H45N3O2/c1-30-25(32)27(29-26(30)28,17-16-20-8-3-2-4-9-20)19-22-11-7-10-21(18-22)14-15-24(31)23-12-5-6-13-23/h20-23H,2-19H2,1H3,(H2,28,29)/t21?,22-,27+/m0/s1. The molecule has 0 spiro atoms. The molecule has 3 aliphatic carbocycles. The molecule has 1 aliphatic heterocycles. The number of hydrogen-bond acceptors (Lipinski definition) is 4. The molecule has 32 heavy (non-hydrogen) atoms. The molecule has 1 amide bonds. The van der Waals surface area contributed by atoms with Crippen LogP contribution in [0.4, 0.5) is 0 Å². The van der Waals surface area contributed by atoms with Gasteiger partial charge < -0.3 is 5.73 Å². The van der Waals surface area contributed by atoms with Crippen molar-refractivity contribution < 1.29 is 9.59 Å². The molecule has 4 rings (SSSR count). The fourth-order valence-electron chi connectivity index (χ4n) is 7.20. The van der Waals surface area contributed by atoms with E-state index in [1.54, 1.807) is 11.9 Å². The minimum Gasteiger partial charge on any atom is -0.369 e. The third-order valence-corrected chi connectivity index (χ3v) is 9.19. The van der Waals surface area contributed by atoms with Crippen LogP contribution in [0.3, 0.4) is 0 Å². The lowest BCUT2D eigenvalue weighted by Gasteiger charge is -2.35. The molecule has 1 unspecified atom stereocenters. The first-order valence-corrected chi connectivity index (χ1v) is 13.6. The number of Topliss-reactive ketones (excluding diaryl/α,β-unsaturated/α-hetero) is 1. The molecule has 3 atom stereocenters. The van der Waals surface area contributed by atoms with Crippen molar-refractivity contribution >= 4 is 17.6 Å². The quantitative estimate of drug-likeness (QED) is 0.503. The van der Waals surface area contributed by atoms with E-state index in [1.807, 2.05) is 0 Å². The van der Waals surface area contributed by atoms with Crippen LogP contribution in [-0.2, 0) is 9.59 Å². The van der Waals surface area contributed by atoms with Gasteiger partial charge >= 0.3 is 0 Å². The summed E-state index contributed by atoms with van der Waals surface area (Å²) in [5, 5.41) is 0. The number of ketones is 1. The van der Waals surface area contributed by atoms with Gasteiger partial charge in [-0.05, 0) is 62.7 Å². The van der Waals surface area contributed by atoms with Gasteiger partial charge in [0.15, 0.2) is 5.96 Å². The Balaban J connectivity index is 1.34. The Morgan fingerprint density at radius 1 is 0.938 bits per heavy atom. The Morgan fingerprint density at radius 3 is 2.28 bits per heavy atom. The largest absolute Gasteiger partial charge is 0.369 e. The van der Waals surface area contributed by atoms with Crippen molar-refractivity contribution in [1.29, 1.82) is 0 Å². The number of likely N-dealkylation sites (N-methyl/N-ethyl adjacent to an activating group) is 1. The van der Waals surface area contributed by atoms with Gasteiger partial charge in [-0.2, -0.15) is 0 Å². The normalized spacial score (nSPS) is 32.5. The molecule has 0 aromatic rings. The maximum absolute atomic E-state index is 13.3. The summed E-state index contributed by atoms with van der Waals surface area (Å²) in [6, 6.07) is 0. The molecule has 5 nitrogen and oxygen atoms in total. The maximum Gasteiger partial charge on any atom is 0.257 e. The Bertz CT molecular complexity index is 693. The predicted molar refractivity (Wildman–Crippen MR) is 129 cm³/mol. The second-order valence-corrected chi connectivity index (χ2v) is 11.5. The van der Waals surface area contributed by atoms with Crippen LogP contribution >= 0.6 is 0 Å². The van der Waals surface area contributed by atoms with E-state index in [-0.39, 0.29) is 5.91 Å². The van der Waals surface area contributed by atoms with Crippen LogP contribution in [-0.4, -0.2) is 35.1 Å². The van der Waals surface area contributed by atoms with Gasteiger partial charge in [-0.25, -0.2) is 4.99 Å². The first-order chi connectivity index (χ1) is 15.5. The Hall–Kier alpha value is -1.39. The number of carbonyl (C=O) groups excluding carboxylic acids is 2. The van der Waals surface area contributed by atoms with Gasteiger partial charge in [0.2, 0.25) is 0 Å². The van der Waals surface area contributed by atoms with Gasteiger partial charge in [0.05, 0.1) is 0 Å². The molecule has 0 aromatic carbocycles. The lowest BCUT2D eigenvalue weighted by atomic mass is 9.71. The number of nitrogens with two attached hydrogens (primary N) is 1. The van der Waals surface area contributed by atoms with E-state index in [1.165, 1.54) is 64.2 Å². The fourth-order valence-corrected chi connectivity index (χ4v) is 7.20. The molecular weight excluding hydrogens is 398 g/mol. The zero-order valence-electron chi connectivity index (χ0n) is 20.3. The van der Waals surface area contributed by atoms with Crippen molar-refractivity contribution in [3.8, 4) is 0 Å². The highest BCUT2D eigenvalue weighted by Gasteiger charge is 2.48. The minimum absolute atomic E-state index is 0.115. The Kier molecular flexibility index (Phi) is 7.94. The average molecular weight is 444 g/mol. The Morgan fingerprint density at radius 2 is 1.59 bits per heavy atom. The number of nitrogens with zero attached hydrogens (tertiary/aromatic N) is 2. The van der Waals surface area contributed by atoms with E-state index >= 15 is 0 Å². The van der Waals surface area contributed by atoms with Gasteiger partial charge in [0, 0.05) is 19.4 Å². The van der Waals surface area contributed by atoms with Gasteiger partial charge in [-0.15, -0.1) is 0 Å². The molecule has 0 bridgehead atoms. The number of hydrogen-bond donors (Lipinski definition) is 1. The molecule has 0 radical (unpaired) electrons. The van der Waals surface area contributed by atoms with E-state index in [0.717, 1.165) is 57.3 Å². The second-order valence-electron chi connectivity index (χ2n) is 11.5. The number of rotatable bonds is 9. The van der Waals surface area contributed by atoms with Crippen molar-refractivity contribution in [3.05, 3.63) is 0 Å². The zero-order valence-corrected chi connectivity index (χ0v) is 20.3. The lowest BCUT2D eigenvalue weighted by molar-refractivity contribution is -0.131. The van der Waals surface area contributed by atoms with Crippen LogP contribution < -0.4 is 5.73 Å². The van der Waals surface area contributed by atoms with Crippen molar-refractivity contribution in [3.63, 3.8) is 0 Å². The average Bonchev–Trinajstić information content (AvgIpc) is 3.42. The molecule has 0 aromatic heterocycles. The minimum atomic E-state index is -0.636. The number of aliphatic imine (C=N–C) groups is 1. The van der Waals surface area contributed by atoms with Crippen molar-refractivity contribution in [2.24, 2.45) is 34.4 Å². The summed E-state index contributed by atoms with van der Waals surface area (Å²) >= 11 is 0. The molecule has 1 heterocycles. The smallest absolute Gasteiger partial charge is 0.257 e. The summed E-state index contributed by atoms with van der Waals surface area (Å²) in [7, 11) is 1.78. The van der Waals surface area contributed by atoms with E-state index in [0.29, 0.717) is 29.5 Å². The fraction of sp³-hybridized carbons (Fsp3) is 0.889. The third-order valence-electron chi connectivity index (χ3n) is 9.19. The van der Waals surface area contributed by atoms with Gasteiger partial charge in [-0.1, -0.05) is 64.2 Å². The summed E-state index contributed by atoms with van der Waals surface area (Å²) in [4.78, 5) is 32.3. The number of amides is 1.